The summed E-state index contributed by atoms with van der Waals surface area (Å²) in [7, 11) is 0. The molecule has 0 aromatic heterocycles. The van der Waals surface area contributed by atoms with E-state index in [1.54, 1.807) is 0 Å². The Morgan fingerprint density at radius 1 is 0.0123 bits per heavy atom. The second-order valence-corrected chi connectivity index (χ2v) is 0. The fourth-order valence-corrected chi connectivity index (χ4v) is 0. The molecule has 0 saturated carbocycles. The Hall–Kier alpha value is 47.3. The Morgan fingerprint density at radius 3 is 0.0123 bits per heavy atom. The van der Waals surface area contributed by atoms with E-state index in [1.165, 1.54) is 0 Å². The predicted molar refractivity (Wildman–Crippen MR) is 0 cm³/mol. The van der Waals surface area contributed by atoms with Gasteiger partial charge in [0.25, 0.3) is 0 Å². The minimum Gasteiger partial charge on any atom is 0 e. The third-order valence-corrected chi connectivity index (χ3v) is 0. The first kappa shape index (κ1) is 929. The van der Waals surface area contributed by atoms with Crippen molar-refractivity contribution < 1.29 is 1500 Å². The van der Waals surface area contributed by atoms with Gasteiger partial charge in [-0.15, -0.1) is 0 Å². The first-order chi connectivity index (χ1) is 0. The summed E-state index contributed by atoms with van der Waals surface area (Å²) in [6.07, 6.45) is 0. The molecule has 0 rings (SSSR count). The zero-order chi connectivity index (χ0) is 0. The number of hydrogen-bond donors (Lipinski definition) is 0. The van der Waals surface area contributed by atoms with Crippen LogP contribution >= 0.6 is 0 Å². The molecule has 0 amide bonds. The average Bonchev–Trinajstić information content (AvgIpc) is 0. The summed E-state index contributed by atoms with van der Waals surface area (Å²) in [4.78, 5) is 0. The molecule has 0 atom stereocenters. The van der Waals surface area contributed by atoms with Gasteiger partial charge in [-0.3, -0.25) is 0 Å². The van der Waals surface area contributed by atoms with Crippen molar-refractivity contribution in [1.29, 1.82) is 0 Å². The van der Waals surface area contributed by atoms with Gasteiger partial charge in [0.15, 0.2) is 0 Å². The molecule has 0 nitrogen and oxygen atoms in total. The van der Waals surface area contributed by atoms with E-state index in [0.29, 0.717) is 0 Å². The molecule has 0 aromatic carbocycles. The molecule has 0 aliphatic carbocycles. The summed E-state index contributed by atoms with van der Waals surface area (Å²) < 4.78 is 0. The van der Waals surface area contributed by atoms with Crippen LogP contribution in [0.2, 0.25) is 0 Å². The van der Waals surface area contributed by atoms with Crippen LogP contribution in [0.3, 0.4) is 0 Å². The molecule has 0 bridgehead atoms. The monoisotopic (exact) mass is 4130 g/mol. The quantitative estimate of drug-likeness (QED) is 0.316. The molecule has 0 N–H and O–H groups in total. The first-order valence-corrected chi connectivity index (χ1v) is 0. The molecule has 81 heavy (non-hydrogen) atoms. The van der Waals surface area contributed by atoms with Crippen LogP contribution in [0.25, 0.3) is 0 Å². The Morgan fingerprint density at radius 2 is 0.0123 bits per heavy atom. The van der Waals surface area contributed by atoms with Crippen LogP contribution in [-0.2, 0) is 1500 Å². The molecule has 0 saturated heterocycles. The van der Waals surface area contributed by atoms with Crippen molar-refractivity contribution in [3.63, 3.8) is 0 Å². The van der Waals surface area contributed by atoms with Gasteiger partial charge in [-0.05, 0) is 0 Å². The van der Waals surface area contributed by atoms with Crippen molar-refractivity contribution in [3.05, 3.63) is 0 Å². The van der Waals surface area contributed by atoms with Crippen LogP contribution in [0.1, 0.15) is 0 Å². The van der Waals surface area contributed by atoms with E-state index in [4.69, 9.17) is 0 Å². The Kier molecular flexibility index (Phi) is 10400. The maximum Gasteiger partial charge on any atom is 0 e. The van der Waals surface area contributed by atoms with E-state index in [1.807, 2.05) is 0 Å². The van der Waals surface area contributed by atoms with Crippen molar-refractivity contribution in [2.75, 3.05) is 0 Å². The van der Waals surface area contributed by atoms with E-state index < -0.39 is 0 Å². The predicted octanol–water partition coefficient (Wildman–Crippen LogP) is -0.203. The maximum absolute atomic E-state index is 0. The summed E-state index contributed by atoms with van der Waals surface area (Å²) >= 11 is 0. The first-order valence-electron chi connectivity index (χ1n) is 0. The SMILES string of the molecule is [V].[V].[V].[V].[V].[V].[V].[V].[V].[V].[V].[V].[V].[V].[V].[V].[V].[V].[V].[V].[V].[V].[V].[V].[V].[V].[V].[V].[V].[V].[V].[V].[V].[V].[V].[V].[V].[V].[V].[V].[V].[V].[V].[V].[V].[V].[V].[V].[V].[V].[V].[V].[V].[V].[V].[V].[V].[V].[V].[V].[V].[V].[V].[V].[V].[V].[V].[V].[V].[V].[V].[V].[V].[V].[V].[V].[V].[V].[V].[V].[V]. The van der Waals surface area contributed by atoms with Gasteiger partial charge in [0.2, 0.25) is 0 Å². The third kappa shape index (κ3) is 893. The summed E-state index contributed by atoms with van der Waals surface area (Å²) in [5.41, 5.74) is 0. The van der Waals surface area contributed by atoms with Crippen molar-refractivity contribution in [1.82, 2.24) is 0 Å². The summed E-state index contributed by atoms with van der Waals surface area (Å²) in [5, 5.41) is 0. The fourth-order valence-electron chi connectivity index (χ4n) is 0. The largest absolute Gasteiger partial charge is 0 e. The van der Waals surface area contributed by atoms with Crippen LogP contribution in [0.15, 0.2) is 0 Å². The summed E-state index contributed by atoms with van der Waals surface area (Å²) in [5.74, 6) is 0. The molecule has 405 valence electrons. The van der Waals surface area contributed by atoms with Gasteiger partial charge in [0.05, 0.1) is 0 Å². The minimum atomic E-state index is 0. The Labute approximate surface area is 1460 Å². The molecular weight excluding hydrogens is 4130 g/mol. The standard InChI is InChI=1S/81V. The van der Waals surface area contributed by atoms with E-state index in [0.717, 1.165) is 0 Å². The van der Waals surface area contributed by atoms with Crippen molar-refractivity contribution in [2.24, 2.45) is 0 Å². The summed E-state index contributed by atoms with van der Waals surface area (Å²) in [6, 6.07) is 0. The van der Waals surface area contributed by atoms with Crippen molar-refractivity contribution in [2.45, 2.75) is 0 Å². The van der Waals surface area contributed by atoms with Crippen molar-refractivity contribution >= 4 is 0 Å². The van der Waals surface area contributed by atoms with Crippen LogP contribution in [-0.4, -0.2) is 0 Å². The minimum absolute atomic E-state index is 0. The maximum atomic E-state index is 0. The van der Waals surface area contributed by atoms with Crippen LogP contribution in [0.4, 0.5) is 0 Å². The fraction of sp³-hybridized carbons (Fsp3) is 0. The molecule has 0 aliphatic rings. The number of rotatable bonds is 0. The molecule has 81 heteroatoms. The van der Waals surface area contributed by atoms with Crippen LogP contribution in [0.5, 0.6) is 0 Å². The Balaban J connectivity index is 0. The zero-order valence-corrected chi connectivity index (χ0v) is 149. The van der Waals surface area contributed by atoms with Gasteiger partial charge in [0.1, 0.15) is 0 Å². The molecule has 0 spiro atoms. The normalized spacial score (nSPS) is 0. The van der Waals surface area contributed by atoms with E-state index in [-0.39, 0.29) is 1500 Å². The molecule has 0 fully saturated rings. The molecular formula is V81. The van der Waals surface area contributed by atoms with Gasteiger partial charge in [-0.1, -0.05) is 0 Å². The van der Waals surface area contributed by atoms with Gasteiger partial charge >= 0.3 is 0 Å². The third-order valence-electron chi connectivity index (χ3n) is 0. The van der Waals surface area contributed by atoms with Gasteiger partial charge in [-0.2, -0.15) is 0 Å². The Bertz CT molecular complexity index is 0. The van der Waals surface area contributed by atoms with Gasteiger partial charge in [-0.25, -0.2) is 0 Å². The second-order valence-electron chi connectivity index (χ2n) is 0. The zero-order valence-electron chi connectivity index (χ0n) is 36.2. The summed E-state index contributed by atoms with van der Waals surface area (Å²) in [6.45, 7) is 0. The smallest absolute Gasteiger partial charge is 0 e. The molecule has 0 unspecified atom stereocenters. The van der Waals surface area contributed by atoms with Gasteiger partial charge < -0.3 is 0 Å². The molecule has 81 radical (unpaired) electrons. The van der Waals surface area contributed by atoms with Crippen LogP contribution < -0.4 is 0 Å². The van der Waals surface area contributed by atoms with Gasteiger partial charge in [0, 0.05) is 1500 Å². The number of hydrogen-bond acceptors (Lipinski definition) is 0. The van der Waals surface area contributed by atoms with Crippen molar-refractivity contribution in [3.8, 4) is 0 Å². The van der Waals surface area contributed by atoms with Crippen LogP contribution in [0, 0.1) is 0 Å². The van der Waals surface area contributed by atoms with E-state index in [2.05, 4.69) is 0 Å². The molecule has 0 heterocycles. The van der Waals surface area contributed by atoms with E-state index in [9.17, 15) is 0 Å². The average molecular weight is 4130 g/mol. The second kappa shape index (κ2) is 907. The molecule has 0 aromatic rings. The topological polar surface area (TPSA) is 0 Å². The molecule has 0 aliphatic heterocycles. The van der Waals surface area contributed by atoms with E-state index >= 15 is 0 Å².